The van der Waals surface area contributed by atoms with E-state index in [4.69, 9.17) is 0 Å². The highest BCUT2D eigenvalue weighted by atomic mass is 79.9. The molecule has 1 aliphatic carbocycles. The largest absolute Gasteiger partial charge is 0.381 e. The van der Waals surface area contributed by atoms with Crippen LogP contribution in [-0.4, -0.2) is 20.1 Å². The summed E-state index contributed by atoms with van der Waals surface area (Å²) >= 11 is 3.59. The number of benzene rings is 1. The Labute approximate surface area is 132 Å². The van der Waals surface area contributed by atoms with Crippen molar-refractivity contribution in [3.8, 4) is 0 Å². The Hall–Kier alpha value is -0.700. The molecule has 0 heterocycles. The maximum absolute atomic E-state index is 3.79. The van der Waals surface area contributed by atoms with Crippen LogP contribution in [0.4, 0.5) is 11.4 Å². The molecule has 0 radical (unpaired) electrons. The lowest BCUT2D eigenvalue weighted by molar-refractivity contribution is 0.178. The zero-order valence-electron chi connectivity index (χ0n) is 13.3. The molecule has 0 spiro atoms. The van der Waals surface area contributed by atoms with E-state index in [9.17, 15) is 0 Å². The van der Waals surface area contributed by atoms with E-state index in [-0.39, 0.29) is 0 Å². The first-order valence-electron chi connectivity index (χ1n) is 7.50. The normalized spacial score (nSPS) is 25.3. The van der Waals surface area contributed by atoms with Gasteiger partial charge in [-0.05, 0) is 48.8 Å². The first kappa shape index (κ1) is 15.7. The average molecular weight is 339 g/mol. The van der Waals surface area contributed by atoms with Crippen molar-refractivity contribution in [2.45, 2.75) is 46.1 Å². The van der Waals surface area contributed by atoms with E-state index in [0.717, 1.165) is 10.4 Å². The van der Waals surface area contributed by atoms with Crippen molar-refractivity contribution in [3.63, 3.8) is 0 Å². The van der Waals surface area contributed by atoms with Crippen molar-refractivity contribution in [1.82, 2.24) is 0 Å². The van der Waals surface area contributed by atoms with E-state index < -0.39 is 0 Å². The minimum absolute atomic E-state index is 0.444. The molecule has 1 aromatic carbocycles. The van der Waals surface area contributed by atoms with E-state index in [1.165, 1.54) is 30.6 Å². The molecule has 20 heavy (non-hydrogen) atoms. The van der Waals surface area contributed by atoms with Crippen LogP contribution in [0.25, 0.3) is 0 Å². The van der Waals surface area contributed by atoms with Crippen molar-refractivity contribution in [2.75, 3.05) is 24.3 Å². The molecule has 0 aromatic heterocycles. The molecule has 2 unspecified atom stereocenters. The van der Waals surface area contributed by atoms with Gasteiger partial charge in [-0.1, -0.05) is 36.7 Å². The lowest BCUT2D eigenvalue weighted by Gasteiger charge is -2.40. The lowest BCUT2D eigenvalue weighted by Crippen LogP contribution is -2.35. The van der Waals surface area contributed by atoms with E-state index in [1.807, 2.05) is 0 Å². The van der Waals surface area contributed by atoms with Gasteiger partial charge in [0.15, 0.2) is 0 Å². The number of nitrogens with zero attached hydrogens (tertiary/aromatic N) is 1. The molecule has 3 heteroatoms. The smallest absolute Gasteiger partial charge is 0.0597 e. The summed E-state index contributed by atoms with van der Waals surface area (Å²) in [4.78, 5) is 2.17. The van der Waals surface area contributed by atoms with Gasteiger partial charge in [0.25, 0.3) is 0 Å². The summed E-state index contributed by atoms with van der Waals surface area (Å²) in [5.41, 5.74) is 2.93. The van der Waals surface area contributed by atoms with Crippen molar-refractivity contribution < 1.29 is 0 Å². The number of rotatable bonds is 3. The summed E-state index contributed by atoms with van der Waals surface area (Å²) in [7, 11) is 4.20. The molecule has 0 aliphatic heterocycles. The molecule has 1 aromatic rings. The molecular formula is C17H27BrN2. The monoisotopic (exact) mass is 338 g/mol. The third kappa shape index (κ3) is 3.91. The van der Waals surface area contributed by atoms with Gasteiger partial charge < -0.3 is 10.2 Å². The number of anilines is 2. The first-order chi connectivity index (χ1) is 9.27. The maximum atomic E-state index is 3.79. The van der Waals surface area contributed by atoms with Gasteiger partial charge in [-0.15, -0.1) is 0 Å². The zero-order valence-corrected chi connectivity index (χ0v) is 14.9. The van der Waals surface area contributed by atoms with Crippen LogP contribution in [0, 0.1) is 11.3 Å². The fraction of sp³-hybridized carbons (Fsp3) is 0.647. The van der Waals surface area contributed by atoms with Gasteiger partial charge in [0.2, 0.25) is 0 Å². The van der Waals surface area contributed by atoms with Gasteiger partial charge in [-0.25, -0.2) is 0 Å². The van der Waals surface area contributed by atoms with E-state index in [0.29, 0.717) is 11.5 Å². The standard InChI is InChI=1S/C17H27BrN2/c1-12-8-14(11-17(2,3)10-12)19-15-9-13(18)6-7-16(15)20(4)5/h6-7,9,12,14,19H,8,10-11H2,1-5H3. The van der Waals surface area contributed by atoms with Gasteiger partial charge >= 0.3 is 0 Å². The first-order valence-corrected chi connectivity index (χ1v) is 8.29. The second-order valence-electron chi connectivity index (χ2n) is 7.31. The molecule has 1 fully saturated rings. The van der Waals surface area contributed by atoms with E-state index >= 15 is 0 Å². The molecule has 0 amide bonds. The predicted octanol–water partition coefficient (Wildman–Crippen LogP) is 5.14. The van der Waals surface area contributed by atoms with Crippen LogP contribution in [0.2, 0.25) is 0 Å². The second-order valence-corrected chi connectivity index (χ2v) is 8.23. The van der Waals surface area contributed by atoms with Crippen LogP contribution in [0.3, 0.4) is 0 Å². The fourth-order valence-electron chi connectivity index (χ4n) is 3.69. The van der Waals surface area contributed by atoms with Crippen LogP contribution >= 0.6 is 15.9 Å². The van der Waals surface area contributed by atoms with Crippen LogP contribution in [0.15, 0.2) is 22.7 Å². The average Bonchev–Trinajstić information content (AvgIpc) is 2.25. The van der Waals surface area contributed by atoms with E-state index in [2.05, 4.69) is 79.2 Å². The second kappa shape index (κ2) is 5.97. The zero-order chi connectivity index (χ0) is 14.9. The number of hydrogen-bond acceptors (Lipinski definition) is 2. The molecule has 112 valence electrons. The van der Waals surface area contributed by atoms with Gasteiger partial charge in [-0.3, -0.25) is 0 Å². The van der Waals surface area contributed by atoms with Gasteiger partial charge in [0.05, 0.1) is 11.4 Å². The quantitative estimate of drug-likeness (QED) is 0.820. The molecule has 1 aliphatic rings. The molecule has 0 bridgehead atoms. The Morgan fingerprint density at radius 3 is 2.55 bits per heavy atom. The Balaban J connectivity index is 2.19. The maximum Gasteiger partial charge on any atom is 0.0597 e. The van der Waals surface area contributed by atoms with Crippen molar-refractivity contribution in [1.29, 1.82) is 0 Å². The fourth-order valence-corrected chi connectivity index (χ4v) is 4.05. The van der Waals surface area contributed by atoms with Gasteiger partial charge in [0, 0.05) is 24.6 Å². The number of hydrogen-bond donors (Lipinski definition) is 1. The molecule has 1 N–H and O–H groups in total. The summed E-state index contributed by atoms with van der Waals surface area (Å²) in [5.74, 6) is 0.797. The van der Waals surface area contributed by atoms with Crippen molar-refractivity contribution in [2.24, 2.45) is 11.3 Å². The topological polar surface area (TPSA) is 15.3 Å². The Morgan fingerprint density at radius 2 is 1.95 bits per heavy atom. The van der Waals surface area contributed by atoms with Crippen molar-refractivity contribution in [3.05, 3.63) is 22.7 Å². The van der Waals surface area contributed by atoms with Crippen LogP contribution < -0.4 is 10.2 Å². The highest BCUT2D eigenvalue weighted by Gasteiger charge is 2.32. The number of halogens is 1. The predicted molar refractivity (Wildman–Crippen MR) is 92.7 cm³/mol. The Kier molecular flexibility index (Phi) is 4.68. The van der Waals surface area contributed by atoms with E-state index in [1.54, 1.807) is 0 Å². The summed E-state index contributed by atoms with van der Waals surface area (Å²) < 4.78 is 1.13. The van der Waals surface area contributed by atoms with Gasteiger partial charge in [0.1, 0.15) is 0 Å². The Bertz CT molecular complexity index is 468. The van der Waals surface area contributed by atoms with Crippen LogP contribution in [0.1, 0.15) is 40.0 Å². The summed E-state index contributed by atoms with van der Waals surface area (Å²) in [6.45, 7) is 7.17. The molecule has 1 saturated carbocycles. The minimum Gasteiger partial charge on any atom is -0.381 e. The number of nitrogens with one attached hydrogen (secondary N) is 1. The highest BCUT2D eigenvalue weighted by Crippen LogP contribution is 2.40. The molecule has 2 nitrogen and oxygen atoms in total. The third-order valence-electron chi connectivity index (χ3n) is 4.19. The van der Waals surface area contributed by atoms with Crippen molar-refractivity contribution >= 4 is 27.3 Å². The lowest BCUT2D eigenvalue weighted by atomic mass is 9.70. The van der Waals surface area contributed by atoms with Gasteiger partial charge in [-0.2, -0.15) is 0 Å². The summed E-state index contributed by atoms with van der Waals surface area (Å²) in [5, 5.41) is 3.79. The molecular weight excluding hydrogens is 312 g/mol. The van der Waals surface area contributed by atoms with Crippen LogP contribution in [-0.2, 0) is 0 Å². The molecule has 2 atom stereocenters. The van der Waals surface area contributed by atoms with Crippen LogP contribution in [0.5, 0.6) is 0 Å². The molecule has 0 saturated heterocycles. The SMILES string of the molecule is CC1CC(Nc2cc(Br)ccc2N(C)C)CC(C)(C)C1. The highest BCUT2D eigenvalue weighted by molar-refractivity contribution is 9.10. The summed E-state index contributed by atoms with van der Waals surface area (Å²) in [6, 6.07) is 7.04. The minimum atomic E-state index is 0.444. The summed E-state index contributed by atoms with van der Waals surface area (Å²) in [6.07, 6.45) is 3.85. The molecule has 2 rings (SSSR count). The Morgan fingerprint density at radius 1 is 1.25 bits per heavy atom. The third-order valence-corrected chi connectivity index (χ3v) is 4.68.